The number of thioether (sulfide) groups is 2. The van der Waals surface area contributed by atoms with Crippen molar-refractivity contribution in [2.75, 3.05) is 62.1 Å². The van der Waals surface area contributed by atoms with Crippen LogP contribution in [-0.2, 0) is 21.9 Å². The molecule has 250 valence electrons. The Balaban J connectivity index is 0.000000257. The van der Waals surface area contributed by atoms with E-state index in [1.54, 1.807) is 41.7 Å². The summed E-state index contributed by atoms with van der Waals surface area (Å²) in [5.74, 6) is 2.59. The van der Waals surface area contributed by atoms with E-state index in [0.29, 0.717) is 35.8 Å². The number of rotatable bonds is 15. The van der Waals surface area contributed by atoms with Gasteiger partial charge in [-0.1, -0.05) is 0 Å². The summed E-state index contributed by atoms with van der Waals surface area (Å²) in [5.41, 5.74) is 8.61. The number of likely N-dealkylation sites (N-methyl/N-ethyl adjacent to an activating group) is 1. The fraction of sp³-hybridized carbons (Fsp3) is 0.265. The van der Waals surface area contributed by atoms with Crippen LogP contribution in [0, 0.1) is 11.3 Å². The van der Waals surface area contributed by atoms with Crippen LogP contribution in [0.5, 0.6) is 23.0 Å². The van der Waals surface area contributed by atoms with Crippen LogP contribution in [0.2, 0.25) is 0 Å². The second-order valence-corrected chi connectivity index (χ2v) is 12.5. The minimum absolute atomic E-state index is 0.120. The third kappa shape index (κ3) is 11.8. The smallest absolute Gasteiger partial charge is 0.176 e. The van der Waals surface area contributed by atoms with Crippen LogP contribution in [0.4, 0.5) is 11.4 Å². The number of nitrogens with zero attached hydrogens (tertiary/aromatic N) is 3. The van der Waals surface area contributed by atoms with Gasteiger partial charge in [0.05, 0.1) is 31.0 Å². The highest BCUT2D eigenvalue weighted by Gasteiger charge is 2.14. The second kappa shape index (κ2) is 19.8. The molecule has 0 radical (unpaired) electrons. The molecule has 1 unspecified atom stereocenters. The Morgan fingerprint density at radius 3 is 1.83 bits per heavy atom. The maximum atomic E-state index is 11.3. The number of hydroxylamine groups is 1. The minimum atomic E-state index is -1.55. The van der Waals surface area contributed by atoms with Gasteiger partial charge >= 0.3 is 0 Å². The number of hydrogen-bond donors (Lipinski definition) is 3. The molecule has 0 saturated heterocycles. The Bertz CT molecular complexity index is 1620. The molecule has 4 aromatic carbocycles. The standard InChI is InChI=1S/C17H18N2O4S2.C17H22N2O2S/c1-24-16-6-4-15(5-7-16)22-17-8-3-14(11-13(17)12-18)19(9-10-20)23-25(2)21;1-19(9-10-20)14-3-8-17(13(11-14)12-18)21-15-4-6-16(22-2)7-5-15/h3-8,11,20H,9-10H2,1-2H3;3-8,11,20H,9-10,12,18H2,1-2H3. The van der Waals surface area contributed by atoms with Gasteiger partial charge in [-0.15, -0.1) is 23.5 Å². The van der Waals surface area contributed by atoms with Crippen molar-refractivity contribution in [3.05, 3.63) is 96.1 Å². The van der Waals surface area contributed by atoms with E-state index in [9.17, 15) is 9.47 Å². The topological polar surface area (TPSA) is 142 Å². The Morgan fingerprint density at radius 2 is 1.34 bits per heavy atom. The maximum absolute atomic E-state index is 11.3. The molecule has 4 aromatic rings. The van der Waals surface area contributed by atoms with Gasteiger partial charge in [-0.2, -0.15) is 9.55 Å². The van der Waals surface area contributed by atoms with E-state index in [2.05, 4.69) is 6.07 Å². The SMILES string of the molecule is CSc1ccc(Oc2ccc(N(C)CCO)cc2CN)cc1.CSc1ccc(Oc2ccc(N(CCO)OS(C)=O)cc2C#N)cc1. The average Bonchev–Trinajstić information content (AvgIpc) is 3.09. The molecule has 4 rings (SSSR count). The van der Waals surface area contributed by atoms with Gasteiger partial charge in [0, 0.05) is 47.4 Å². The molecule has 10 nitrogen and oxygen atoms in total. The summed E-state index contributed by atoms with van der Waals surface area (Å²) in [4.78, 5) is 4.30. The van der Waals surface area contributed by atoms with Crippen molar-refractivity contribution in [2.45, 2.75) is 16.3 Å². The predicted molar refractivity (Wildman–Crippen MR) is 192 cm³/mol. The average molecular weight is 697 g/mol. The summed E-state index contributed by atoms with van der Waals surface area (Å²) in [6.45, 7) is 1.05. The van der Waals surface area contributed by atoms with Gasteiger partial charge < -0.3 is 30.3 Å². The first-order chi connectivity index (χ1) is 22.7. The molecule has 0 aliphatic carbocycles. The zero-order chi connectivity index (χ0) is 34.2. The molecule has 0 spiro atoms. The van der Waals surface area contributed by atoms with Crippen LogP contribution in [0.15, 0.2) is 94.7 Å². The van der Waals surface area contributed by atoms with Crippen molar-refractivity contribution in [3.8, 4) is 29.1 Å². The molecule has 1 atom stereocenters. The van der Waals surface area contributed by atoms with Crippen molar-refractivity contribution >= 4 is 46.0 Å². The number of nitriles is 1. The summed E-state index contributed by atoms with van der Waals surface area (Å²) >= 11 is 1.79. The molecule has 0 bridgehead atoms. The lowest BCUT2D eigenvalue weighted by atomic mass is 10.1. The van der Waals surface area contributed by atoms with Gasteiger partial charge in [0.1, 0.15) is 29.1 Å². The number of hydrogen-bond acceptors (Lipinski definition) is 12. The molecule has 13 heteroatoms. The highest BCUT2D eigenvalue weighted by atomic mass is 32.2. The summed E-state index contributed by atoms with van der Waals surface area (Å²) in [6, 6.07) is 28.4. The second-order valence-electron chi connectivity index (χ2n) is 9.79. The van der Waals surface area contributed by atoms with E-state index in [0.717, 1.165) is 27.6 Å². The van der Waals surface area contributed by atoms with Crippen molar-refractivity contribution in [3.63, 3.8) is 0 Å². The third-order valence-corrected chi connectivity index (χ3v) is 8.46. The highest BCUT2D eigenvalue weighted by Crippen LogP contribution is 2.31. The Labute approximate surface area is 287 Å². The summed E-state index contributed by atoms with van der Waals surface area (Å²) in [6.07, 6.45) is 5.42. The molecule has 0 heterocycles. The van der Waals surface area contributed by atoms with Gasteiger partial charge in [-0.25, -0.2) is 9.27 Å². The summed E-state index contributed by atoms with van der Waals surface area (Å²) in [7, 11) is 1.94. The molecule has 0 aliphatic heterocycles. The fourth-order valence-electron chi connectivity index (χ4n) is 4.16. The Kier molecular flexibility index (Phi) is 15.9. The van der Waals surface area contributed by atoms with E-state index in [4.69, 9.17) is 29.7 Å². The first kappa shape index (κ1) is 37.7. The van der Waals surface area contributed by atoms with E-state index in [1.807, 2.05) is 91.2 Å². The highest BCUT2D eigenvalue weighted by molar-refractivity contribution is 7.98. The fourth-order valence-corrected chi connectivity index (χ4v) is 5.39. The lowest BCUT2D eigenvalue weighted by Gasteiger charge is -2.21. The van der Waals surface area contributed by atoms with Crippen LogP contribution < -0.4 is 25.2 Å². The Hall–Kier alpha value is -3.74. The molecule has 0 aromatic heterocycles. The van der Waals surface area contributed by atoms with Gasteiger partial charge in [0.2, 0.25) is 0 Å². The van der Waals surface area contributed by atoms with Crippen molar-refractivity contribution in [1.29, 1.82) is 5.26 Å². The third-order valence-electron chi connectivity index (χ3n) is 6.58. The number of aliphatic hydroxyl groups excluding tert-OH is 2. The van der Waals surface area contributed by atoms with Crippen molar-refractivity contribution < 1.29 is 28.2 Å². The van der Waals surface area contributed by atoms with E-state index in [1.165, 1.54) is 16.2 Å². The molecular formula is C34H40N4O6S3. The van der Waals surface area contributed by atoms with Gasteiger partial charge in [-0.05, 0) is 97.4 Å². The predicted octanol–water partition coefficient (Wildman–Crippen LogP) is 6.18. The molecule has 0 fully saturated rings. The molecular weight excluding hydrogens is 657 g/mol. The van der Waals surface area contributed by atoms with Crippen LogP contribution in [0.3, 0.4) is 0 Å². The molecule has 0 amide bonds. The number of benzene rings is 4. The number of ether oxygens (including phenoxy) is 2. The van der Waals surface area contributed by atoms with Crippen molar-refractivity contribution in [2.24, 2.45) is 5.73 Å². The maximum Gasteiger partial charge on any atom is 0.176 e. The number of aliphatic hydroxyl groups is 2. The van der Waals surface area contributed by atoms with Crippen LogP contribution >= 0.6 is 23.5 Å². The normalized spacial score (nSPS) is 11.1. The summed E-state index contributed by atoms with van der Waals surface area (Å²) in [5, 5.41) is 28.8. The van der Waals surface area contributed by atoms with E-state index < -0.39 is 11.1 Å². The Morgan fingerprint density at radius 1 is 0.809 bits per heavy atom. The van der Waals surface area contributed by atoms with E-state index in [-0.39, 0.29) is 19.8 Å². The lowest BCUT2D eigenvalue weighted by molar-refractivity contribution is 0.241. The van der Waals surface area contributed by atoms with Gasteiger partial charge in [0.25, 0.3) is 0 Å². The number of nitrogens with two attached hydrogens (primary N) is 1. The zero-order valence-electron chi connectivity index (χ0n) is 26.8. The number of anilines is 2. The van der Waals surface area contributed by atoms with Gasteiger partial charge in [0.15, 0.2) is 11.1 Å². The lowest BCUT2D eigenvalue weighted by Crippen LogP contribution is -2.27. The quantitative estimate of drug-likeness (QED) is 0.0965. The summed E-state index contributed by atoms with van der Waals surface area (Å²) < 4.78 is 28.2. The molecule has 47 heavy (non-hydrogen) atoms. The van der Waals surface area contributed by atoms with Gasteiger partial charge in [-0.3, -0.25) is 0 Å². The van der Waals surface area contributed by atoms with Crippen LogP contribution in [0.1, 0.15) is 11.1 Å². The van der Waals surface area contributed by atoms with E-state index >= 15 is 0 Å². The van der Waals surface area contributed by atoms with Crippen LogP contribution in [0.25, 0.3) is 0 Å². The largest absolute Gasteiger partial charge is 0.457 e. The first-order valence-electron chi connectivity index (χ1n) is 14.5. The molecule has 0 aliphatic rings. The molecule has 0 saturated carbocycles. The molecule has 4 N–H and O–H groups in total. The van der Waals surface area contributed by atoms with Crippen LogP contribution in [-0.4, -0.2) is 66.5 Å². The first-order valence-corrected chi connectivity index (χ1v) is 18.4. The minimum Gasteiger partial charge on any atom is -0.457 e. The van der Waals surface area contributed by atoms with Crippen molar-refractivity contribution in [1.82, 2.24) is 0 Å². The monoisotopic (exact) mass is 696 g/mol. The zero-order valence-corrected chi connectivity index (χ0v) is 29.2.